The number of carbonyl (C=O) groups excluding carboxylic acids is 3. The van der Waals surface area contributed by atoms with E-state index in [1.807, 2.05) is 19.1 Å². The van der Waals surface area contributed by atoms with E-state index in [1.54, 1.807) is 31.2 Å². The van der Waals surface area contributed by atoms with Crippen molar-refractivity contribution in [3.63, 3.8) is 0 Å². The summed E-state index contributed by atoms with van der Waals surface area (Å²) in [7, 11) is 1.27. The maximum absolute atomic E-state index is 12.0. The first-order valence-electron chi connectivity index (χ1n) is 9.67. The number of rotatable bonds is 10. The molecule has 0 saturated heterocycles. The van der Waals surface area contributed by atoms with Crippen LogP contribution < -0.4 is 20.2 Å². The SMILES string of the molecule is CCOc1cc(C=NNC(=O)CC(=O)Nc2ccccc2C)cc(Br)c1OCC(=O)OC. The number of hydrazone groups is 1. The predicted molar refractivity (Wildman–Crippen MR) is 123 cm³/mol. The van der Waals surface area contributed by atoms with Crippen molar-refractivity contribution >= 4 is 45.6 Å². The van der Waals surface area contributed by atoms with E-state index in [-0.39, 0.29) is 13.0 Å². The smallest absolute Gasteiger partial charge is 0.343 e. The van der Waals surface area contributed by atoms with Gasteiger partial charge in [0.25, 0.3) is 0 Å². The zero-order valence-electron chi connectivity index (χ0n) is 17.9. The Hall–Kier alpha value is -3.40. The number of aryl methyl sites for hydroxylation is 1. The molecule has 10 heteroatoms. The van der Waals surface area contributed by atoms with Crippen LogP contribution in [0.25, 0.3) is 0 Å². The van der Waals surface area contributed by atoms with Crippen LogP contribution in [0.2, 0.25) is 0 Å². The Morgan fingerprint density at radius 1 is 1.12 bits per heavy atom. The van der Waals surface area contributed by atoms with Gasteiger partial charge in [-0.05, 0) is 59.1 Å². The first-order chi connectivity index (χ1) is 15.3. The fourth-order valence-electron chi connectivity index (χ4n) is 2.53. The average molecular weight is 506 g/mol. The number of amides is 2. The van der Waals surface area contributed by atoms with E-state index in [4.69, 9.17) is 9.47 Å². The summed E-state index contributed by atoms with van der Waals surface area (Å²) in [4.78, 5) is 35.4. The second-order valence-corrected chi connectivity index (χ2v) is 7.32. The van der Waals surface area contributed by atoms with Crippen LogP contribution in [0.5, 0.6) is 11.5 Å². The maximum atomic E-state index is 12.0. The van der Waals surface area contributed by atoms with Crippen molar-refractivity contribution in [1.82, 2.24) is 5.43 Å². The number of nitrogens with zero attached hydrogens (tertiary/aromatic N) is 1. The Labute approximate surface area is 194 Å². The van der Waals surface area contributed by atoms with Crippen LogP contribution in [-0.4, -0.2) is 44.3 Å². The van der Waals surface area contributed by atoms with Crippen molar-refractivity contribution in [1.29, 1.82) is 0 Å². The number of methoxy groups -OCH3 is 1. The number of nitrogens with one attached hydrogen (secondary N) is 2. The van der Waals surface area contributed by atoms with Gasteiger partial charge in [-0.2, -0.15) is 5.10 Å². The summed E-state index contributed by atoms with van der Waals surface area (Å²) in [5.41, 5.74) is 4.46. The largest absolute Gasteiger partial charge is 0.490 e. The molecule has 0 spiro atoms. The quantitative estimate of drug-likeness (QED) is 0.221. The summed E-state index contributed by atoms with van der Waals surface area (Å²) in [5, 5.41) is 6.57. The second kappa shape index (κ2) is 12.5. The minimum atomic E-state index is -0.561. The molecule has 0 saturated carbocycles. The van der Waals surface area contributed by atoms with Gasteiger partial charge in [0, 0.05) is 5.69 Å². The van der Waals surface area contributed by atoms with Gasteiger partial charge < -0.3 is 19.5 Å². The summed E-state index contributed by atoms with van der Waals surface area (Å²) < 4.78 is 16.1. The normalized spacial score (nSPS) is 10.5. The first kappa shape index (κ1) is 24.9. The van der Waals surface area contributed by atoms with Gasteiger partial charge in [-0.1, -0.05) is 18.2 Å². The molecule has 2 N–H and O–H groups in total. The first-order valence-corrected chi connectivity index (χ1v) is 10.5. The fraction of sp³-hybridized carbons (Fsp3) is 0.273. The second-order valence-electron chi connectivity index (χ2n) is 6.46. The van der Waals surface area contributed by atoms with Gasteiger partial charge in [0.15, 0.2) is 18.1 Å². The third kappa shape index (κ3) is 7.69. The molecular weight excluding hydrogens is 482 g/mol. The number of ether oxygens (including phenoxy) is 3. The average Bonchev–Trinajstić information content (AvgIpc) is 2.74. The van der Waals surface area contributed by atoms with E-state index in [9.17, 15) is 14.4 Å². The molecule has 32 heavy (non-hydrogen) atoms. The van der Waals surface area contributed by atoms with Crippen molar-refractivity contribution in [2.45, 2.75) is 20.3 Å². The molecule has 0 aliphatic carbocycles. The Kier molecular flexibility index (Phi) is 9.68. The van der Waals surface area contributed by atoms with Gasteiger partial charge >= 0.3 is 5.97 Å². The molecule has 0 aliphatic heterocycles. The minimum Gasteiger partial charge on any atom is -0.490 e. The molecule has 2 aromatic carbocycles. The molecule has 0 radical (unpaired) electrons. The van der Waals surface area contributed by atoms with Crippen LogP contribution in [0.3, 0.4) is 0 Å². The lowest BCUT2D eigenvalue weighted by Crippen LogP contribution is -2.24. The number of hydrogen-bond acceptors (Lipinski definition) is 7. The highest BCUT2D eigenvalue weighted by Gasteiger charge is 2.14. The van der Waals surface area contributed by atoms with Crippen LogP contribution in [-0.2, 0) is 19.1 Å². The number of halogens is 1. The van der Waals surface area contributed by atoms with Crippen LogP contribution >= 0.6 is 15.9 Å². The number of benzene rings is 2. The van der Waals surface area contributed by atoms with Gasteiger partial charge in [0.2, 0.25) is 11.8 Å². The molecule has 0 bridgehead atoms. The Morgan fingerprint density at radius 2 is 1.88 bits per heavy atom. The molecule has 0 unspecified atom stereocenters. The summed E-state index contributed by atoms with van der Waals surface area (Å²) in [5.74, 6) is -0.809. The van der Waals surface area contributed by atoms with Crippen molar-refractivity contribution in [3.8, 4) is 11.5 Å². The lowest BCUT2D eigenvalue weighted by atomic mass is 10.2. The number of carbonyl (C=O) groups is 3. The van der Waals surface area contributed by atoms with E-state index >= 15 is 0 Å². The van der Waals surface area contributed by atoms with Gasteiger partial charge in [-0.25, -0.2) is 10.2 Å². The van der Waals surface area contributed by atoms with Gasteiger partial charge in [-0.15, -0.1) is 0 Å². The van der Waals surface area contributed by atoms with Gasteiger partial charge in [-0.3, -0.25) is 9.59 Å². The minimum absolute atomic E-state index is 0.275. The summed E-state index contributed by atoms with van der Waals surface area (Å²) >= 11 is 3.37. The molecule has 0 atom stereocenters. The van der Waals surface area contributed by atoms with Crippen molar-refractivity contribution in [2.75, 3.05) is 25.6 Å². The lowest BCUT2D eigenvalue weighted by molar-refractivity contribution is -0.143. The molecule has 9 nitrogen and oxygen atoms in total. The molecule has 0 heterocycles. The zero-order valence-corrected chi connectivity index (χ0v) is 19.5. The van der Waals surface area contributed by atoms with Crippen LogP contribution in [0.1, 0.15) is 24.5 Å². The molecular formula is C22H24BrN3O6. The number of para-hydroxylation sites is 1. The summed E-state index contributed by atoms with van der Waals surface area (Å²) in [6.45, 7) is 3.76. The van der Waals surface area contributed by atoms with E-state index in [2.05, 4.69) is 36.5 Å². The molecule has 2 rings (SSSR count). The molecule has 2 aromatic rings. The molecule has 0 fully saturated rings. The number of anilines is 1. The highest BCUT2D eigenvalue weighted by atomic mass is 79.9. The van der Waals surface area contributed by atoms with Crippen LogP contribution in [0.15, 0.2) is 46.0 Å². The van der Waals surface area contributed by atoms with E-state index < -0.39 is 17.8 Å². The Bertz CT molecular complexity index is 1010. The van der Waals surface area contributed by atoms with Crippen LogP contribution in [0, 0.1) is 6.92 Å². The zero-order chi connectivity index (χ0) is 23.5. The third-order valence-electron chi connectivity index (χ3n) is 4.04. The van der Waals surface area contributed by atoms with E-state index in [1.165, 1.54) is 13.3 Å². The van der Waals surface area contributed by atoms with Gasteiger partial charge in [0.05, 0.1) is 24.4 Å². The van der Waals surface area contributed by atoms with Crippen molar-refractivity contribution in [2.24, 2.45) is 5.10 Å². The van der Waals surface area contributed by atoms with E-state index in [0.717, 1.165) is 5.56 Å². The van der Waals surface area contributed by atoms with Crippen molar-refractivity contribution < 1.29 is 28.6 Å². The summed E-state index contributed by atoms with van der Waals surface area (Å²) in [6.07, 6.45) is 1.02. The van der Waals surface area contributed by atoms with Crippen molar-refractivity contribution in [3.05, 3.63) is 52.0 Å². The maximum Gasteiger partial charge on any atom is 0.343 e. The summed E-state index contributed by atoms with van der Waals surface area (Å²) in [6, 6.07) is 10.6. The highest BCUT2D eigenvalue weighted by molar-refractivity contribution is 9.10. The topological polar surface area (TPSA) is 115 Å². The molecule has 170 valence electrons. The Balaban J connectivity index is 1.98. The van der Waals surface area contributed by atoms with Crippen LogP contribution in [0.4, 0.5) is 5.69 Å². The third-order valence-corrected chi connectivity index (χ3v) is 4.63. The van der Waals surface area contributed by atoms with E-state index in [0.29, 0.717) is 33.8 Å². The number of esters is 1. The standard InChI is InChI=1S/C22H24BrN3O6/c1-4-31-18-10-15(9-16(23)22(18)32-13-21(29)30-3)12-24-26-20(28)11-19(27)25-17-8-6-5-7-14(17)2/h5-10,12H,4,11,13H2,1-3H3,(H,25,27)(H,26,28). The Morgan fingerprint density at radius 3 is 2.56 bits per heavy atom. The lowest BCUT2D eigenvalue weighted by Gasteiger charge is -2.13. The molecule has 0 aliphatic rings. The number of hydrogen-bond donors (Lipinski definition) is 2. The fourth-order valence-corrected chi connectivity index (χ4v) is 3.10. The molecule has 0 aromatic heterocycles. The van der Waals surface area contributed by atoms with Gasteiger partial charge in [0.1, 0.15) is 6.42 Å². The predicted octanol–water partition coefficient (Wildman–Crippen LogP) is 3.19. The monoisotopic (exact) mass is 505 g/mol. The molecule has 2 amide bonds. The highest BCUT2D eigenvalue weighted by Crippen LogP contribution is 2.36.